The van der Waals surface area contributed by atoms with Crippen LogP contribution < -0.4 is 5.32 Å². The van der Waals surface area contributed by atoms with Gasteiger partial charge in [-0.05, 0) is 6.08 Å². The molecule has 1 aliphatic rings. The van der Waals surface area contributed by atoms with Gasteiger partial charge >= 0.3 is 0 Å². The van der Waals surface area contributed by atoms with Crippen LogP contribution in [0, 0.1) is 5.92 Å². The predicted octanol–water partition coefficient (Wildman–Crippen LogP) is 1.25. The molecule has 1 aliphatic heterocycles. The molecule has 60 valence electrons. The van der Waals surface area contributed by atoms with Crippen molar-refractivity contribution in [1.82, 2.24) is 5.32 Å². The summed E-state index contributed by atoms with van der Waals surface area (Å²) in [5, 5.41) is 3.02. The minimum Gasteiger partial charge on any atom is -0.379 e. The monoisotopic (exact) mass is 151 g/mol. The van der Waals surface area contributed by atoms with Crippen LogP contribution in [-0.4, -0.2) is 12.3 Å². The molecular formula is C9H13NO. The molecule has 1 N–H and O–H groups in total. The zero-order chi connectivity index (χ0) is 8.27. The lowest BCUT2D eigenvalue weighted by Gasteiger charge is -2.12. The summed E-state index contributed by atoms with van der Waals surface area (Å²) >= 11 is 0. The molecule has 0 atom stereocenters. The number of carbonyl (C=O) groups excluding carboxylic acids is 1. The van der Waals surface area contributed by atoms with E-state index >= 15 is 0 Å². The van der Waals surface area contributed by atoms with E-state index in [9.17, 15) is 4.79 Å². The van der Waals surface area contributed by atoms with E-state index in [-0.39, 0.29) is 11.7 Å². The van der Waals surface area contributed by atoms with E-state index in [0.717, 1.165) is 12.2 Å². The van der Waals surface area contributed by atoms with Crippen LogP contribution in [0.15, 0.2) is 23.9 Å². The van der Waals surface area contributed by atoms with Crippen molar-refractivity contribution >= 4 is 5.78 Å². The maximum atomic E-state index is 11.3. The standard InChI is InChI=1S/C9H13NO/c1-7(2)9(11)8-5-3-4-6-10-8/h3-5,7,10H,6H2,1-2H3. The molecule has 2 heteroatoms. The predicted molar refractivity (Wildman–Crippen MR) is 45.1 cm³/mol. The summed E-state index contributed by atoms with van der Waals surface area (Å²) in [6, 6.07) is 0. The van der Waals surface area contributed by atoms with Gasteiger partial charge in [-0.3, -0.25) is 4.79 Å². The number of Topliss-reactive ketones (excluding diaryl/α,β-unsaturated/α-hetero) is 1. The Balaban J connectivity index is 2.66. The van der Waals surface area contributed by atoms with Crippen molar-refractivity contribution in [1.29, 1.82) is 0 Å². The quantitative estimate of drug-likeness (QED) is 0.643. The number of hydrogen-bond donors (Lipinski definition) is 1. The van der Waals surface area contributed by atoms with E-state index in [4.69, 9.17) is 0 Å². The van der Waals surface area contributed by atoms with Gasteiger partial charge in [0.25, 0.3) is 0 Å². The molecule has 1 heterocycles. The number of allylic oxidation sites excluding steroid dienone is 3. The van der Waals surface area contributed by atoms with Crippen LogP contribution in [0.5, 0.6) is 0 Å². The van der Waals surface area contributed by atoms with Gasteiger partial charge in [0.05, 0.1) is 5.70 Å². The molecule has 0 aliphatic carbocycles. The van der Waals surface area contributed by atoms with Crippen LogP contribution in [0.25, 0.3) is 0 Å². The fraction of sp³-hybridized carbons (Fsp3) is 0.444. The maximum absolute atomic E-state index is 11.3. The van der Waals surface area contributed by atoms with Crippen LogP contribution in [0.3, 0.4) is 0 Å². The number of hydrogen-bond acceptors (Lipinski definition) is 2. The highest BCUT2D eigenvalue weighted by atomic mass is 16.1. The Morgan fingerprint density at radius 2 is 2.36 bits per heavy atom. The van der Waals surface area contributed by atoms with Crippen LogP contribution >= 0.6 is 0 Å². The van der Waals surface area contributed by atoms with E-state index in [2.05, 4.69) is 5.32 Å². The van der Waals surface area contributed by atoms with E-state index in [0.29, 0.717) is 0 Å². The molecular weight excluding hydrogens is 138 g/mol. The lowest BCUT2D eigenvalue weighted by Crippen LogP contribution is -2.25. The largest absolute Gasteiger partial charge is 0.379 e. The molecule has 0 unspecified atom stereocenters. The number of nitrogens with one attached hydrogen (secondary N) is 1. The first kappa shape index (κ1) is 8.05. The van der Waals surface area contributed by atoms with Crippen LogP contribution in [0.4, 0.5) is 0 Å². The van der Waals surface area contributed by atoms with Gasteiger partial charge in [-0.25, -0.2) is 0 Å². The maximum Gasteiger partial charge on any atom is 0.181 e. The van der Waals surface area contributed by atoms with Gasteiger partial charge in [-0.1, -0.05) is 26.0 Å². The Labute approximate surface area is 67.0 Å². The highest BCUT2D eigenvalue weighted by Crippen LogP contribution is 2.05. The van der Waals surface area contributed by atoms with Gasteiger partial charge in [-0.15, -0.1) is 0 Å². The molecule has 0 bridgehead atoms. The van der Waals surface area contributed by atoms with Gasteiger partial charge in [0.15, 0.2) is 5.78 Å². The van der Waals surface area contributed by atoms with E-state index in [1.165, 1.54) is 0 Å². The fourth-order valence-corrected chi connectivity index (χ4v) is 0.940. The van der Waals surface area contributed by atoms with Gasteiger partial charge in [0.2, 0.25) is 0 Å². The Morgan fingerprint density at radius 1 is 1.64 bits per heavy atom. The summed E-state index contributed by atoms with van der Waals surface area (Å²) in [6.45, 7) is 4.58. The second kappa shape index (κ2) is 3.37. The Bertz CT molecular complexity index is 214. The van der Waals surface area contributed by atoms with E-state index < -0.39 is 0 Å². The normalized spacial score (nSPS) is 16.1. The molecule has 2 nitrogen and oxygen atoms in total. The smallest absolute Gasteiger partial charge is 0.181 e. The Hall–Kier alpha value is -1.05. The highest BCUT2D eigenvalue weighted by molar-refractivity contribution is 5.96. The summed E-state index contributed by atoms with van der Waals surface area (Å²) in [7, 11) is 0. The van der Waals surface area contributed by atoms with Gasteiger partial charge < -0.3 is 5.32 Å². The molecule has 0 spiro atoms. The number of carbonyl (C=O) groups is 1. The van der Waals surface area contributed by atoms with Crippen LogP contribution in [0.1, 0.15) is 13.8 Å². The van der Waals surface area contributed by atoms with Crippen molar-refractivity contribution in [3.63, 3.8) is 0 Å². The molecule has 1 rings (SSSR count). The Morgan fingerprint density at radius 3 is 2.82 bits per heavy atom. The third kappa shape index (κ3) is 1.93. The second-order valence-electron chi connectivity index (χ2n) is 2.91. The van der Waals surface area contributed by atoms with Crippen molar-refractivity contribution in [2.75, 3.05) is 6.54 Å². The first-order chi connectivity index (χ1) is 5.22. The first-order valence-corrected chi connectivity index (χ1v) is 3.86. The summed E-state index contributed by atoms with van der Waals surface area (Å²) in [5.74, 6) is 0.273. The number of dihydropyridines is 1. The minimum atomic E-state index is 0.0836. The van der Waals surface area contributed by atoms with Crippen molar-refractivity contribution in [3.8, 4) is 0 Å². The van der Waals surface area contributed by atoms with Gasteiger partial charge in [-0.2, -0.15) is 0 Å². The molecule has 0 amide bonds. The Kier molecular flexibility index (Phi) is 2.47. The lowest BCUT2D eigenvalue weighted by molar-refractivity contribution is -0.118. The zero-order valence-corrected chi connectivity index (χ0v) is 6.92. The molecule has 0 aromatic rings. The molecule has 0 radical (unpaired) electrons. The third-order valence-corrected chi connectivity index (χ3v) is 1.60. The SMILES string of the molecule is CC(C)C(=O)C1=CC=CCN1. The number of ketones is 1. The van der Waals surface area contributed by atoms with Crippen LogP contribution in [-0.2, 0) is 4.79 Å². The highest BCUT2D eigenvalue weighted by Gasteiger charge is 2.12. The first-order valence-electron chi connectivity index (χ1n) is 3.86. The average Bonchev–Trinajstić information content (AvgIpc) is 2.05. The molecule has 0 fully saturated rings. The van der Waals surface area contributed by atoms with Crippen molar-refractivity contribution < 1.29 is 4.79 Å². The lowest BCUT2D eigenvalue weighted by atomic mass is 10.1. The fourth-order valence-electron chi connectivity index (χ4n) is 0.940. The zero-order valence-electron chi connectivity index (χ0n) is 6.92. The van der Waals surface area contributed by atoms with Gasteiger partial charge in [0.1, 0.15) is 0 Å². The molecule has 0 saturated carbocycles. The summed E-state index contributed by atoms with van der Waals surface area (Å²) in [5.41, 5.74) is 0.738. The van der Waals surface area contributed by atoms with E-state index in [1.807, 2.05) is 32.1 Å². The average molecular weight is 151 g/mol. The number of rotatable bonds is 2. The minimum absolute atomic E-state index is 0.0836. The summed E-state index contributed by atoms with van der Waals surface area (Å²) < 4.78 is 0. The van der Waals surface area contributed by atoms with Gasteiger partial charge in [0, 0.05) is 12.5 Å². The molecule has 0 aromatic heterocycles. The van der Waals surface area contributed by atoms with E-state index in [1.54, 1.807) is 0 Å². The van der Waals surface area contributed by atoms with Crippen molar-refractivity contribution in [2.24, 2.45) is 5.92 Å². The second-order valence-corrected chi connectivity index (χ2v) is 2.91. The molecule has 0 aromatic carbocycles. The summed E-state index contributed by atoms with van der Waals surface area (Å²) in [4.78, 5) is 11.3. The molecule has 0 saturated heterocycles. The van der Waals surface area contributed by atoms with Crippen molar-refractivity contribution in [3.05, 3.63) is 23.9 Å². The van der Waals surface area contributed by atoms with Crippen molar-refractivity contribution in [2.45, 2.75) is 13.8 Å². The van der Waals surface area contributed by atoms with Crippen LogP contribution in [0.2, 0.25) is 0 Å². The third-order valence-electron chi connectivity index (χ3n) is 1.60. The topological polar surface area (TPSA) is 29.1 Å². The summed E-state index contributed by atoms with van der Waals surface area (Å²) in [6.07, 6.45) is 5.72. The molecule has 11 heavy (non-hydrogen) atoms.